The van der Waals surface area contributed by atoms with Crippen molar-refractivity contribution in [2.24, 2.45) is 11.8 Å². The van der Waals surface area contributed by atoms with Crippen LogP contribution in [0.5, 0.6) is 5.88 Å². The number of thioether (sulfide) groups is 2. The number of nitrogens with one attached hydrogen (secondary N) is 3. The van der Waals surface area contributed by atoms with Gasteiger partial charge in [-0.15, -0.1) is 0 Å². The number of piperazine rings is 3. The standard InChI is InChI=1S/C29H37N7O4S.C27H33N7O3S.C24H28FN7O4.H/c1-34-8-9-35(25(37)17-34)16-22-12-20-5-4-7-36(27(20)33-26(22)28(39-2)40-3)29(38)32-24-13-21(23(14-30)15-31-24)11-19-6-10-41-18-19;1-32-7-8-33(24(35)16-32)15-21-11-19-4-3-6-34(25(19)31-26(21)37-2)27(36)30-23-12-20(22(13-28)14-29-23)10-18-5-9-38-17-18;1-30-7-8-31(20(33)14-30)13-16-9-15-5-4-6-32(22(15)29-21(16)23(35-2)36-3)24(34)28-19-10-18(25)17(11-26)12-27-19;/h12-13,15,19,28H,4-11,16-18H2,1-3H3,(H,31,32,38);11-12,14,18H,3-10,15-17H2,1-2H3,(H,29,30,36);9-10,12,23H,4-8,13-14H2,1-3H3,(H,27,28,34);/q;;;-1/i;;;1+1. The molecule has 2 atom stereocenters. The van der Waals surface area contributed by atoms with E-state index in [4.69, 9.17) is 43.9 Å². The van der Waals surface area contributed by atoms with Crippen molar-refractivity contribution >= 4 is 94.2 Å². The lowest BCUT2D eigenvalue weighted by Crippen LogP contribution is -2.48. The Morgan fingerprint density at radius 3 is 1.19 bits per heavy atom. The van der Waals surface area contributed by atoms with E-state index in [1.807, 2.05) is 99.5 Å². The van der Waals surface area contributed by atoms with Gasteiger partial charge in [-0.3, -0.25) is 59.7 Å². The minimum absolute atomic E-state index is 0. The molecule has 5 saturated heterocycles. The lowest BCUT2D eigenvalue weighted by molar-refractivity contribution is -0.137. The summed E-state index contributed by atoms with van der Waals surface area (Å²) in [6.45, 7) is 8.00. The van der Waals surface area contributed by atoms with E-state index >= 15 is 0 Å². The zero-order chi connectivity index (χ0) is 81.4. The number of anilines is 6. The largest absolute Gasteiger partial charge is 1.00 e. The van der Waals surface area contributed by atoms with Crippen LogP contribution in [-0.2, 0) is 85.1 Å². The van der Waals surface area contributed by atoms with Crippen LogP contribution in [0.25, 0.3) is 0 Å². The first kappa shape index (κ1) is 84.1. The molecular weight excluding hydrogens is 1510 g/mol. The molecule has 0 spiro atoms. The summed E-state index contributed by atoms with van der Waals surface area (Å²) in [7, 11) is 13.4. The van der Waals surface area contributed by atoms with Gasteiger partial charge < -0.3 is 39.8 Å². The highest BCUT2D eigenvalue weighted by atomic mass is 32.2. The second-order valence-electron chi connectivity index (χ2n) is 29.7. The number of halogens is 1. The predicted molar refractivity (Wildman–Crippen MR) is 432 cm³/mol. The molecular formula is C80H99FN21O11S2-. The van der Waals surface area contributed by atoms with Crippen LogP contribution < -0.4 is 35.4 Å². The number of nitrogens with zero attached hydrogens (tertiary/aromatic N) is 18. The van der Waals surface area contributed by atoms with Gasteiger partial charge in [0.2, 0.25) is 36.2 Å². The van der Waals surface area contributed by atoms with Gasteiger partial charge in [0.15, 0.2) is 0 Å². The number of likely N-dealkylation sites (N-methyl/N-ethyl adjacent to an activating group) is 3. The number of carbonyl (C=O) groups excluding carboxylic acids is 6. The molecule has 32 nitrogen and oxygen atoms in total. The molecule has 610 valence electrons. The van der Waals surface area contributed by atoms with Crippen LogP contribution in [0.2, 0.25) is 0 Å². The van der Waals surface area contributed by atoms with Crippen molar-refractivity contribution < 1.29 is 58.3 Å². The highest BCUT2D eigenvalue weighted by molar-refractivity contribution is 7.99. The van der Waals surface area contributed by atoms with Crippen LogP contribution in [0.4, 0.5) is 53.7 Å². The Labute approximate surface area is 678 Å². The van der Waals surface area contributed by atoms with Crippen molar-refractivity contribution in [3.05, 3.63) is 133 Å². The molecule has 115 heavy (non-hydrogen) atoms. The quantitative estimate of drug-likeness (QED) is 0.0605. The summed E-state index contributed by atoms with van der Waals surface area (Å²) < 4.78 is 41.7. The average molecular weight is 1610 g/mol. The van der Waals surface area contributed by atoms with Gasteiger partial charge in [-0.25, -0.2) is 43.7 Å². The van der Waals surface area contributed by atoms with Gasteiger partial charge in [-0.1, -0.05) is 0 Å². The van der Waals surface area contributed by atoms with E-state index in [0.29, 0.717) is 161 Å². The number of amides is 9. The van der Waals surface area contributed by atoms with E-state index in [9.17, 15) is 43.7 Å². The summed E-state index contributed by atoms with van der Waals surface area (Å²) in [5, 5.41) is 36.5. The molecule has 14 rings (SSSR count). The van der Waals surface area contributed by atoms with Crippen molar-refractivity contribution in [3.8, 4) is 24.1 Å². The van der Waals surface area contributed by atoms with Gasteiger partial charge in [0.05, 0.1) is 50.6 Å². The molecule has 0 saturated carbocycles. The maximum atomic E-state index is 14.0. The fraction of sp³-hybridized carbons (Fsp3) is 0.512. The summed E-state index contributed by atoms with van der Waals surface area (Å²) in [6.07, 6.45) is 11.0. The summed E-state index contributed by atoms with van der Waals surface area (Å²) in [5.41, 5.74) is 8.98. The molecule has 2 unspecified atom stereocenters. The third-order valence-electron chi connectivity index (χ3n) is 21.6. The van der Waals surface area contributed by atoms with Crippen molar-refractivity contribution in [2.45, 2.75) is 96.4 Å². The highest BCUT2D eigenvalue weighted by Gasteiger charge is 2.36. The average Bonchev–Trinajstić information content (AvgIpc) is 1.03. The number of pyridine rings is 6. The predicted octanol–water partition coefficient (Wildman–Crippen LogP) is 8.26. The number of methoxy groups -OCH3 is 5. The normalized spacial score (nSPS) is 18.5. The highest BCUT2D eigenvalue weighted by Crippen LogP contribution is 2.38. The van der Waals surface area contributed by atoms with Crippen molar-refractivity contribution in [1.29, 1.82) is 15.8 Å². The molecule has 0 radical (unpaired) electrons. The van der Waals surface area contributed by atoms with Gasteiger partial charge in [0, 0.05) is 124 Å². The Balaban J connectivity index is 0.000000171. The molecule has 5 fully saturated rings. The van der Waals surface area contributed by atoms with Crippen LogP contribution >= 0.6 is 23.5 Å². The van der Waals surface area contributed by atoms with Crippen molar-refractivity contribution in [3.63, 3.8) is 0 Å². The second kappa shape index (κ2) is 39.4. The number of nitriles is 3. The summed E-state index contributed by atoms with van der Waals surface area (Å²) in [5.74, 6) is 7.76. The van der Waals surface area contributed by atoms with Crippen LogP contribution in [0.1, 0.15) is 119 Å². The zero-order valence-corrected chi connectivity index (χ0v) is 67.9. The monoisotopic (exact) mass is 1610 g/mol. The molecule has 35 heteroatoms. The van der Waals surface area contributed by atoms with Crippen LogP contribution in [-0.4, -0.2) is 253 Å². The SMILES string of the molecule is COC(OC)c1nc2c(cc1CN1CCN(C)CC1=O)CCCN2C(=O)Nc1cc(CC2CCSC2)c(C#N)cn1.COC(OC)c1nc2c(cc1CN1CCN(C)CC1=O)CCCN2C(=O)Nc1cc(F)c(C#N)cn1.COc1nc2c(cc1CN1CCN(C)CC1=O)CCCN2C(=O)Nc1cc(CC2CCSC2)c(C#N)cn1.[2H-]. The maximum Gasteiger partial charge on any atom is 0.328 e. The number of aromatic nitrogens is 6. The van der Waals surface area contributed by atoms with E-state index < -0.39 is 24.4 Å². The number of fused-ring (bicyclic) bond motifs is 3. The number of urea groups is 3. The second-order valence-corrected chi connectivity index (χ2v) is 32.0. The number of ether oxygens (including phenoxy) is 5. The smallest absolute Gasteiger partial charge is 0.328 e. The summed E-state index contributed by atoms with van der Waals surface area (Å²) in [6, 6.07) is 15.6. The Kier molecular flexibility index (Phi) is 28.8. The van der Waals surface area contributed by atoms with Gasteiger partial charge in [-0.2, -0.15) is 44.3 Å². The van der Waals surface area contributed by atoms with Gasteiger partial charge in [0.1, 0.15) is 75.9 Å². The Morgan fingerprint density at radius 2 is 0.852 bits per heavy atom. The Bertz CT molecular complexity index is 4710. The van der Waals surface area contributed by atoms with Crippen LogP contribution in [0.15, 0.2) is 55.0 Å². The lowest BCUT2D eigenvalue weighted by Gasteiger charge is -2.34. The molecule has 3 N–H and O–H groups in total. The first-order valence-electron chi connectivity index (χ1n) is 38.6. The van der Waals surface area contributed by atoms with E-state index in [1.165, 1.54) is 19.1 Å². The van der Waals surface area contributed by atoms with E-state index in [0.717, 1.165) is 151 Å². The molecule has 0 aromatic carbocycles. The first-order chi connectivity index (χ1) is 55.7. The van der Waals surface area contributed by atoms with Crippen LogP contribution in [0.3, 0.4) is 0 Å². The van der Waals surface area contributed by atoms with E-state index in [2.05, 4.69) is 43.0 Å². The number of hydrogen-bond acceptors (Lipinski definition) is 25. The van der Waals surface area contributed by atoms with E-state index in [-0.39, 0.29) is 42.6 Å². The molecule has 14 heterocycles. The maximum absolute atomic E-state index is 14.0. The van der Waals surface area contributed by atoms with Crippen molar-refractivity contribution in [2.75, 3.05) is 189 Å². The third kappa shape index (κ3) is 20.7. The molecule has 8 aliphatic rings. The Hall–Kier alpha value is -10.3. The molecule has 6 aromatic heterocycles. The van der Waals surface area contributed by atoms with Crippen LogP contribution in [0, 0.1) is 51.6 Å². The fourth-order valence-corrected chi connectivity index (χ4v) is 17.9. The van der Waals surface area contributed by atoms with Gasteiger partial charge in [-0.05, 0) is 189 Å². The number of carbonyl (C=O) groups is 6. The molecule has 6 aromatic rings. The minimum Gasteiger partial charge on any atom is -1.00 e. The van der Waals surface area contributed by atoms with Crippen molar-refractivity contribution in [1.82, 2.24) is 59.3 Å². The molecule has 8 aliphatic heterocycles. The zero-order valence-electron chi connectivity index (χ0n) is 67.2. The topological polar surface area (TPSA) is 363 Å². The third-order valence-corrected chi connectivity index (χ3v) is 24.0. The van der Waals surface area contributed by atoms with Gasteiger partial charge >= 0.3 is 18.1 Å². The number of hydrogen-bond donors (Lipinski definition) is 3. The lowest BCUT2D eigenvalue weighted by atomic mass is 9.96. The summed E-state index contributed by atoms with van der Waals surface area (Å²) in [4.78, 5) is 121. The van der Waals surface area contributed by atoms with E-state index in [1.54, 1.807) is 54.5 Å². The number of rotatable bonds is 20. The molecule has 0 aliphatic carbocycles. The summed E-state index contributed by atoms with van der Waals surface area (Å²) >= 11 is 3.88. The number of aryl methyl sites for hydroxylation is 3. The Morgan fingerprint density at radius 1 is 0.496 bits per heavy atom. The fourth-order valence-electron chi connectivity index (χ4n) is 15.3. The minimum atomic E-state index is -0.797. The molecule has 9 amide bonds. The molecule has 0 bridgehead atoms. The first-order valence-corrected chi connectivity index (χ1v) is 40.9. The van der Waals surface area contributed by atoms with Gasteiger partial charge in [0.25, 0.3) is 0 Å².